The zero-order valence-corrected chi connectivity index (χ0v) is 16.5. The lowest BCUT2D eigenvalue weighted by molar-refractivity contribution is 0.0786. The van der Waals surface area contributed by atoms with Gasteiger partial charge in [0.05, 0.1) is 16.8 Å². The van der Waals surface area contributed by atoms with Crippen molar-refractivity contribution in [3.63, 3.8) is 0 Å². The maximum Gasteiger partial charge on any atom is 0.256 e. The van der Waals surface area contributed by atoms with Crippen molar-refractivity contribution >= 4 is 44.8 Å². The number of anilines is 1. The second-order valence-corrected chi connectivity index (χ2v) is 7.40. The van der Waals surface area contributed by atoms with Crippen molar-refractivity contribution in [2.75, 3.05) is 12.4 Å². The second-order valence-electron chi connectivity index (χ2n) is 5.76. The summed E-state index contributed by atoms with van der Waals surface area (Å²) in [6.07, 6.45) is 0. The van der Waals surface area contributed by atoms with Gasteiger partial charge in [0.1, 0.15) is 0 Å². The number of rotatable bonds is 5. The van der Waals surface area contributed by atoms with Crippen LogP contribution in [0.1, 0.15) is 26.3 Å². The van der Waals surface area contributed by atoms with Crippen LogP contribution in [-0.4, -0.2) is 23.8 Å². The molecular weight excluding hydrogens is 412 g/mol. The average molecular weight is 429 g/mol. The number of halogens is 1. The molecule has 0 spiro atoms. The molecule has 0 radical (unpaired) electrons. The minimum Gasteiger partial charge on any atom is -0.337 e. The highest BCUT2D eigenvalue weighted by atomic mass is 79.9. The van der Waals surface area contributed by atoms with Crippen LogP contribution in [0.15, 0.2) is 69.8 Å². The molecule has 132 valence electrons. The first kappa shape index (κ1) is 18.4. The van der Waals surface area contributed by atoms with Crippen LogP contribution in [0.25, 0.3) is 0 Å². The molecule has 0 atom stereocenters. The van der Waals surface area contributed by atoms with Crippen molar-refractivity contribution < 1.29 is 9.59 Å². The lowest BCUT2D eigenvalue weighted by Crippen LogP contribution is -2.27. The number of para-hydroxylation sites is 1. The molecule has 2 amide bonds. The zero-order valence-electron chi connectivity index (χ0n) is 14.1. The Balaban J connectivity index is 1.79. The highest BCUT2D eigenvalue weighted by Crippen LogP contribution is 2.22. The summed E-state index contributed by atoms with van der Waals surface area (Å²) < 4.78 is 0.957. The van der Waals surface area contributed by atoms with E-state index in [2.05, 4.69) is 21.2 Å². The Labute approximate surface area is 164 Å². The highest BCUT2D eigenvalue weighted by Gasteiger charge is 2.18. The van der Waals surface area contributed by atoms with Gasteiger partial charge in [0.2, 0.25) is 0 Å². The Kier molecular flexibility index (Phi) is 5.85. The van der Waals surface area contributed by atoms with E-state index >= 15 is 0 Å². The van der Waals surface area contributed by atoms with Crippen molar-refractivity contribution in [3.8, 4) is 0 Å². The van der Waals surface area contributed by atoms with Gasteiger partial charge in [-0.25, -0.2) is 0 Å². The maximum atomic E-state index is 12.9. The quantitative estimate of drug-likeness (QED) is 0.618. The highest BCUT2D eigenvalue weighted by molar-refractivity contribution is 9.10. The Hall–Kier alpha value is -2.44. The molecule has 0 unspecified atom stereocenters. The minimum atomic E-state index is -0.222. The summed E-state index contributed by atoms with van der Waals surface area (Å²) in [5.41, 5.74) is 2.57. The number of thiophene rings is 1. The summed E-state index contributed by atoms with van der Waals surface area (Å²) in [5.74, 6) is -0.373. The van der Waals surface area contributed by atoms with E-state index in [1.807, 2.05) is 29.6 Å². The van der Waals surface area contributed by atoms with Crippen LogP contribution in [0.3, 0.4) is 0 Å². The molecule has 0 aliphatic heterocycles. The van der Waals surface area contributed by atoms with Gasteiger partial charge in [-0.05, 0) is 35.2 Å². The molecule has 1 aromatic heterocycles. The summed E-state index contributed by atoms with van der Waals surface area (Å²) in [6.45, 7) is 0.465. The maximum absolute atomic E-state index is 12.9. The van der Waals surface area contributed by atoms with Crippen LogP contribution < -0.4 is 5.32 Å². The summed E-state index contributed by atoms with van der Waals surface area (Å²) >= 11 is 4.96. The van der Waals surface area contributed by atoms with Gasteiger partial charge in [-0.1, -0.05) is 46.3 Å². The first-order chi connectivity index (χ1) is 12.6. The van der Waals surface area contributed by atoms with Crippen LogP contribution in [0.2, 0.25) is 0 Å². The molecule has 2 aromatic carbocycles. The predicted octanol–water partition coefficient (Wildman–Crippen LogP) is 5.04. The average Bonchev–Trinajstić information content (AvgIpc) is 3.18. The monoisotopic (exact) mass is 428 g/mol. The summed E-state index contributed by atoms with van der Waals surface area (Å²) in [5, 5.41) is 6.46. The van der Waals surface area contributed by atoms with E-state index in [-0.39, 0.29) is 11.8 Å². The number of carbonyl (C=O) groups excluding carboxylic acids is 2. The van der Waals surface area contributed by atoms with Gasteiger partial charge in [0, 0.05) is 23.4 Å². The van der Waals surface area contributed by atoms with Gasteiger partial charge in [0.15, 0.2) is 0 Å². The molecule has 26 heavy (non-hydrogen) atoms. The van der Waals surface area contributed by atoms with E-state index in [4.69, 9.17) is 0 Å². The largest absolute Gasteiger partial charge is 0.337 e. The number of nitrogens with zero attached hydrogens (tertiary/aromatic N) is 1. The van der Waals surface area contributed by atoms with E-state index in [9.17, 15) is 9.59 Å². The molecule has 4 nitrogen and oxygen atoms in total. The number of hydrogen-bond donors (Lipinski definition) is 1. The van der Waals surface area contributed by atoms with Gasteiger partial charge in [-0.3, -0.25) is 9.59 Å². The predicted molar refractivity (Wildman–Crippen MR) is 109 cm³/mol. The number of amides is 2. The van der Waals surface area contributed by atoms with E-state index in [1.54, 1.807) is 47.7 Å². The third-order valence-corrected chi connectivity index (χ3v) is 5.36. The molecule has 0 aliphatic carbocycles. The number of benzene rings is 2. The van der Waals surface area contributed by atoms with Crippen molar-refractivity contribution in [1.29, 1.82) is 0 Å². The first-order valence-electron chi connectivity index (χ1n) is 7.97. The molecule has 3 rings (SSSR count). The Morgan fingerprint density at radius 1 is 1.08 bits per heavy atom. The molecule has 3 aromatic rings. The SMILES string of the molecule is CN(Cc1ccccc1Br)C(=O)c1ccccc1NC(=O)c1ccsc1. The van der Waals surface area contributed by atoms with Crippen molar-refractivity contribution in [3.05, 3.63) is 86.5 Å². The van der Waals surface area contributed by atoms with Gasteiger partial charge in [0.25, 0.3) is 11.8 Å². The third kappa shape index (κ3) is 4.20. The van der Waals surface area contributed by atoms with Crippen LogP contribution in [-0.2, 0) is 6.54 Å². The number of carbonyl (C=O) groups is 2. The van der Waals surface area contributed by atoms with Gasteiger partial charge in [-0.2, -0.15) is 11.3 Å². The van der Waals surface area contributed by atoms with Gasteiger partial charge in [-0.15, -0.1) is 0 Å². The van der Waals surface area contributed by atoms with E-state index < -0.39 is 0 Å². The van der Waals surface area contributed by atoms with Crippen LogP contribution in [0.4, 0.5) is 5.69 Å². The van der Waals surface area contributed by atoms with Crippen LogP contribution >= 0.6 is 27.3 Å². The fraction of sp³-hybridized carbons (Fsp3) is 0.100. The normalized spacial score (nSPS) is 10.4. The fourth-order valence-electron chi connectivity index (χ4n) is 2.53. The molecule has 1 N–H and O–H groups in total. The Bertz CT molecular complexity index is 925. The van der Waals surface area contributed by atoms with Crippen LogP contribution in [0, 0.1) is 0 Å². The Morgan fingerprint density at radius 2 is 1.81 bits per heavy atom. The summed E-state index contributed by atoms with van der Waals surface area (Å²) in [4.78, 5) is 26.9. The number of nitrogens with one attached hydrogen (secondary N) is 1. The fourth-order valence-corrected chi connectivity index (χ4v) is 3.57. The first-order valence-corrected chi connectivity index (χ1v) is 9.71. The molecule has 1 heterocycles. The second kappa shape index (κ2) is 8.29. The van der Waals surface area contributed by atoms with Crippen molar-refractivity contribution in [2.45, 2.75) is 6.54 Å². The standard InChI is InChI=1S/C20H17BrN2O2S/c1-23(12-14-6-2-4-8-17(14)21)20(25)16-7-3-5-9-18(16)22-19(24)15-10-11-26-13-15/h2-11,13H,12H2,1H3,(H,22,24). The summed E-state index contributed by atoms with van der Waals surface area (Å²) in [6, 6.07) is 16.6. The summed E-state index contributed by atoms with van der Waals surface area (Å²) in [7, 11) is 1.75. The molecular formula is C20H17BrN2O2S. The number of hydrogen-bond acceptors (Lipinski definition) is 3. The lowest BCUT2D eigenvalue weighted by atomic mass is 10.1. The molecule has 0 bridgehead atoms. The minimum absolute atomic E-state index is 0.151. The third-order valence-electron chi connectivity index (χ3n) is 3.90. The Morgan fingerprint density at radius 3 is 2.54 bits per heavy atom. The smallest absolute Gasteiger partial charge is 0.256 e. The molecule has 0 saturated heterocycles. The van der Waals surface area contributed by atoms with Gasteiger partial charge < -0.3 is 10.2 Å². The van der Waals surface area contributed by atoms with E-state index in [0.29, 0.717) is 23.4 Å². The lowest BCUT2D eigenvalue weighted by Gasteiger charge is -2.20. The van der Waals surface area contributed by atoms with Gasteiger partial charge >= 0.3 is 0 Å². The van der Waals surface area contributed by atoms with E-state index in [0.717, 1.165) is 10.0 Å². The molecule has 0 saturated carbocycles. The zero-order chi connectivity index (χ0) is 18.5. The van der Waals surface area contributed by atoms with Crippen molar-refractivity contribution in [2.24, 2.45) is 0 Å². The molecule has 0 aliphatic rings. The van der Waals surface area contributed by atoms with Crippen LogP contribution in [0.5, 0.6) is 0 Å². The van der Waals surface area contributed by atoms with Crippen molar-refractivity contribution in [1.82, 2.24) is 4.90 Å². The van der Waals surface area contributed by atoms with E-state index in [1.165, 1.54) is 11.3 Å². The molecule has 0 fully saturated rings. The molecule has 6 heteroatoms. The topological polar surface area (TPSA) is 49.4 Å².